The molecule has 2 aromatic carbocycles. The molecule has 0 bridgehead atoms. The average molecular weight is 462 g/mol. The minimum absolute atomic E-state index is 0.0639. The summed E-state index contributed by atoms with van der Waals surface area (Å²) in [6, 6.07) is 15.7. The lowest BCUT2D eigenvalue weighted by Crippen LogP contribution is -2.52. The van der Waals surface area contributed by atoms with Crippen molar-refractivity contribution in [3.05, 3.63) is 77.6 Å². The second-order valence-corrected chi connectivity index (χ2v) is 8.10. The van der Waals surface area contributed by atoms with Crippen LogP contribution in [0.5, 0.6) is 5.75 Å². The minimum atomic E-state index is -0.394. The Morgan fingerprint density at radius 3 is 2.47 bits per heavy atom. The molecule has 34 heavy (non-hydrogen) atoms. The van der Waals surface area contributed by atoms with E-state index in [9.17, 15) is 14.4 Å². The quantitative estimate of drug-likeness (QED) is 0.630. The van der Waals surface area contributed by atoms with Crippen LogP contribution in [0.25, 0.3) is 0 Å². The maximum absolute atomic E-state index is 13.6. The normalized spacial score (nSPS) is 15.7. The summed E-state index contributed by atoms with van der Waals surface area (Å²) in [5.74, 6) is -0.0173. The number of hydrogen-bond donors (Lipinski definition) is 1. The number of ether oxygens (including phenoxy) is 1. The van der Waals surface area contributed by atoms with E-state index in [0.717, 1.165) is 5.56 Å². The molecule has 1 aliphatic rings. The van der Waals surface area contributed by atoms with Crippen LogP contribution < -0.4 is 10.1 Å². The molecule has 9 heteroatoms. The lowest BCUT2D eigenvalue weighted by Gasteiger charge is -2.41. The lowest BCUT2D eigenvalue weighted by atomic mass is 10.00. The molecule has 0 aliphatic carbocycles. The zero-order valence-electron chi connectivity index (χ0n) is 19.4. The van der Waals surface area contributed by atoms with E-state index in [1.165, 1.54) is 6.92 Å². The molecule has 3 aromatic rings. The van der Waals surface area contributed by atoms with Gasteiger partial charge in [0.2, 0.25) is 5.91 Å². The number of piperazine rings is 1. The number of aryl methyl sites for hydroxylation is 1. The molecule has 1 saturated heterocycles. The Kier molecular flexibility index (Phi) is 6.62. The fourth-order valence-electron chi connectivity index (χ4n) is 4.22. The van der Waals surface area contributed by atoms with Crippen molar-refractivity contribution in [3.8, 4) is 5.75 Å². The molecule has 1 N–H and O–H groups in total. The van der Waals surface area contributed by atoms with Crippen LogP contribution in [-0.4, -0.2) is 64.0 Å². The van der Waals surface area contributed by atoms with Crippen LogP contribution in [0.1, 0.15) is 39.4 Å². The number of benzene rings is 2. The molecule has 4 rings (SSSR count). The second kappa shape index (κ2) is 9.78. The minimum Gasteiger partial charge on any atom is -0.496 e. The first kappa shape index (κ1) is 23.0. The van der Waals surface area contributed by atoms with Gasteiger partial charge in [-0.15, -0.1) is 0 Å². The molecule has 1 aliphatic heterocycles. The maximum Gasteiger partial charge on any atom is 0.276 e. The Bertz CT molecular complexity index is 1220. The highest BCUT2D eigenvalue weighted by Gasteiger charge is 2.34. The van der Waals surface area contributed by atoms with Gasteiger partial charge in [-0.3, -0.25) is 19.1 Å². The van der Waals surface area contributed by atoms with Crippen LogP contribution in [0.4, 0.5) is 5.69 Å². The highest BCUT2D eigenvalue weighted by molar-refractivity contribution is 6.08. The molecule has 0 spiro atoms. The zero-order valence-corrected chi connectivity index (χ0v) is 19.4. The smallest absolute Gasteiger partial charge is 0.276 e. The van der Waals surface area contributed by atoms with Crippen molar-refractivity contribution in [2.75, 3.05) is 32.1 Å². The number of nitrogens with zero attached hydrogens (tertiary/aromatic N) is 4. The van der Waals surface area contributed by atoms with E-state index in [-0.39, 0.29) is 23.6 Å². The number of carbonyl (C=O) groups is 3. The summed E-state index contributed by atoms with van der Waals surface area (Å²) in [6.45, 7) is 2.61. The van der Waals surface area contributed by atoms with E-state index in [1.807, 2.05) is 24.3 Å². The van der Waals surface area contributed by atoms with E-state index < -0.39 is 5.91 Å². The number of rotatable bonds is 5. The van der Waals surface area contributed by atoms with E-state index in [2.05, 4.69) is 10.4 Å². The number of hydrogen-bond acceptors (Lipinski definition) is 5. The molecule has 0 unspecified atom stereocenters. The van der Waals surface area contributed by atoms with Gasteiger partial charge in [0.25, 0.3) is 11.8 Å². The molecule has 1 fully saturated rings. The number of para-hydroxylation sites is 2. The fourth-order valence-corrected chi connectivity index (χ4v) is 4.22. The monoisotopic (exact) mass is 461 g/mol. The van der Waals surface area contributed by atoms with E-state index in [4.69, 9.17) is 4.74 Å². The summed E-state index contributed by atoms with van der Waals surface area (Å²) >= 11 is 0. The highest BCUT2D eigenvalue weighted by atomic mass is 16.5. The van der Waals surface area contributed by atoms with Crippen LogP contribution in [0, 0.1) is 0 Å². The molecular formula is C25H27N5O4. The van der Waals surface area contributed by atoms with E-state index in [0.29, 0.717) is 36.6 Å². The summed E-state index contributed by atoms with van der Waals surface area (Å²) in [5, 5.41) is 6.92. The Labute approximate surface area is 197 Å². The third-order valence-electron chi connectivity index (χ3n) is 5.92. The van der Waals surface area contributed by atoms with Gasteiger partial charge in [0.05, 0.1) is 24.4 Å². The molecule has 9 nitrogen and oxygen atoms in total. The van der Waals surface area contributed by atoms with E-state index in [1.54, 1.807) is 65.2 Å². The van der Waals surface area contributed by atoms with Gasteiger partial charge in [-0.05, 0) is 24.3 Å². The molecule has 0 saturated carbocycles. The third kappa shape index (κ3) is 4.63. The van der Waals surface area contributed by atoms with Crippen molar-refractivity contribution in [1.29, 1.82) is 0 Å². The number of aromatic nitrogens is 2. The molecule has 2 heterocycles. The van der Waals surface area contributed by atoms with Crippen molar-refractivity contribution < 1.29 is 19.1 Å². The molecule has 0 radical (unpaired) electrons. The predicted octanol–water partition coefficient (Wildman–Crippen LogP) is 2.73. The Morgan fingerprint density at radius 2 is 1.76 bits per heavy atom. The SMILES string of the molecule is COc1ccccc1[C@@H]1CN(C(=O)c2ccccc2NC(=O)c2ccn(C)n2)CCN1C(C)=O. The summed E-state index contributed by atoms with van der Waals surface area (Å²) in [6.07, 6.45) is 1.68. The Morgan fingerprint density at radius 1 is 1.03 bits per heavy atom. The van der Waals surface area contributed by atoms with Gasteiger partial charge in [-0.1, -0.05) is 30.3 Å². The average Bonchev–Trinajstić information content (AvgIpc) is 3.30. The van der Waals surface area contributed by atoms with Crippen LogP contribution in [0.3, 0.4) is 0 Å². The second-order valence-electron chi connectivity index (χ2n) is 8.10. The van der Waals surface area contributed by atoms with Gasteiger partial charge in [0.15, 0.2) is 5.69 Å². The summed E-state index contributed by atoms with van der Waals surface area (Å²) in [4.78, 5) is 42.0. The zero-order chi connectivity index (χ0) is 24.2. The largest absolute Gasteiger partial charge is 0.496 e. The molecule has 1 aromatic heterocycles. The van der Waals surface area contributed by atoms with Crippen molar-refractivity contribution in [2.24, 2.45) is 7.05 Å². The summed E-state index contributed by atoms with van der Waals surface area (Å²) < 4.78 is 7.06. The number of amides is 3. The lowest BCUT2D eigenvalue weighted by molar-refractivity contribution is -0.133. The first-order valence-corrected chi connectivity index (χ1v) is 11.0. The van der Waals surface area contributed by atoms with Gasteiger partial charge < -0.3 is 19.9 Å². The number of carbonyl (C=O) groups excluding carboxylic acids is 3. The van der Waals surface area contributed by atoms with Crippen LogP contribution in [0.15, 0.2) is 60.8 Å². The predicted molar refractivity (Wildman–Crippen MR) is 127 cm³/mol. The van der Waals surface area contributed by atoms with Gasteiger partial charge in [-0.2, -0.15) is 5.10 Å². The Balaban J connectivity index is 1.60. The van der Waals surface area contributed by atoms with Gasteiger partial charge in [0, 0.05) is 45.4 Å². The first-order chi connectivity index (χ1) is 16.4. The van der Waals surface area contributed by atoms with Gasteiger partial charge >= 0.3 is 0 Å². The summed E-state index contributed by atoms with van der Waals surface area (Å²) in [7, 11) is 3.32. The molecule has 3 amide bonds. The first-order valence-electron chi connectivity index (χ1n) is 11.0. The van der Waals surface area contributed by atoms with Gasteiger partial charge in [-0.25, -0.2) is 0 Å². The van der Waals surface area contributed by atoms with Crippen LogP contribution in [-0.2, 0) is 11.8 Å². The molecular weight excluding hydrogens is 434 g/mol. The third-order valence-corrected chi connectivity index (χ3v) is 5.92. The fraction of sp³-hybridized carbons (Fsp3) is 0.280. The van der Waals surface area contributed by atoms with Gasteiger partial charge in [0.1, 0.15) is 5.75 Å². The standard InChI is InChI=1S/C25H27N5O4/c1-17(31)30-15-14-29(16-22(30)19-9-5-7-11-23(19)34-3)25(33)18-8-4-6-10-20(18)26-24(32)21-12-13-28(2)27-21/h4-13,22H,14-16H2,1-3H3,(H,26,32)/t22-/m0/s1. The van der Waals surface area contributed by atoms with E-state index >= 15 is 0 Å². The van der Waals surface area contributed by atoms with Crippen molar-refractivity contribution >= 4 is 23.4 Å². The number of anilines is 1. The number of methoxy groups -OCH3 is 1. The molecule has 176 valence electrons. The topological polar surface area (TPSA) is 96.8 Å². The Hall–Kier alpha value is -4.14. The van der Waals surface area contributed by atoms with Crippen molar-refractivity contribution in [2.45, 2.75) is 13.0 Å². The summed E-state index contributed by atoms with van der Waals surface area (Å²) in [5.41, 5.74) is 1.89. The molecule has 1 atom stereocenters. The van der Waals surface area contributed by atoms with Crippen LogP contribution >= 0.6 is 0 Å². The maximum atomic E-state index is 13.6. The van der Waals surface area contributed by atoms with Crippen LogP contribution in [0.2, 0.25) is 0 Å². The number of nitrogens with one attached hydrogen (secondary N) is 1. The van der Waals surface area contributed by atoms with Crippen molar-refractivity contribution in [1.82, 2.24) is 19.6 Å². The highest BCUT2D eigenvalue weighted by Crippen LogP contribution is 2.33. The van der Waals surface area contributed by atoms with Crippen molar-refractivity contribution in [3.63, 3.8) is 0 Å².